The highest BCUT2D eigenvalue weighted by atomic mass is 19.4. The van der Waals surface area contributed by atoms with E-state index < -0.39 is 17.8 Å². The summed E-state index contributed by atoms with van der Waals surface area (Å²) in [4.78, 5) is 30.5. The quantitative estimate of drug-likeness (QED) is 0.632. The third kappa shape index (κ3) is 7.55. The zero-order chi connectivity index (χ0) is 24.9. The molecule has 1 aliphatic heterocycles. The summed E-state index contributed by atoms with van der Waals surface area (Å²) in [6.45, 7) is 9.15. The molecular formula is C25H31F3N4O2. The predicted molar refractivity (Wildman–Crippen MR) is 124 cm³/mol. The molecule has 0 radical (unpaired) electrons. The maximum atomic E-state index is 12.9. The number of carbonyl (C=O) groups is 2. The van der Waals surface area contributed by atoms with Crippen molar-refractivity contribution in [1.29, 1.82) is 0 Å². The molecule has 0 spiro atoms. The highest BCUT2D eigenvalue weighted by Gasteiger charge is 2.33. The van der Waals surface area contributed by atoms with Gasteiger partial charge in [0.1, 0.15) is 11.4 Å². The predicted octanol–water partition coefficient (Wildman–Crippen LogP) is 4.73. The molecule has 1 aromatic heterocycles. The lowest BCUT2D eigenvalue weighted by molar-refractivity contribution is -0.141. The van der Waals surface area contributed by atoms with Crippen molar-refractivity contribution in [2.24, 2.45) is 11.3 Å². The van der Waals surface area contributed by atoms with Gasteiger partial charge in [-0.15, -0.1) is 0 Å². The van der Waals surface area contributed by atoms with Crippen molar-refractivity contribution < 1.29 is 22.8 Å². The fraction of sp³-hybridized carbons (Fsp3) is 0.480. The monoisotopic (exact) mass is 476 g/mol. The number of halogens is 3. The zero-order valence-electron chi connectivity index (χ0n) is 19.7. The van der Waals surface area contributed by atoms with E-state index in [2.05, 4.69) is 41.3 Å². The number of nitrogens with zero attached hydrogens (tertiary/aromatic N) is 2. The van der Waals surface area contributed by atoms with Crippen LogP contribution in [0, 0.1) is 11.3 Å². The van der Waals surface area contributed by atoms with Crippen LogP contribution in [0.15, 0.2) is 42.5 Å². The fourth-order valence-electron chi connectivity index (χ4n) is 3.77. The number of hydrogen-bond donors (Lipinski definition) is 2. The highest BCUT2D eigenvalue weighted by Crippen LogP contribution is 2.27. The molecule has 2 N–H and O–H groups in total. The molecule has 0 aliphatic carbocycles. The first-order valence-electron chi connectivity index (χ1n) is 11.4. The van der Waals surface area contributed by atoms with E-state index in [0.717, 1.165) is 43.6 Å². The van der Waals surface area contributed by atoms with Gasteiger partial charge in [-0.1, -0.05) is 39.0 Å². The van der Waals surface area contributed by atoms with E-state index in [1.165, 1.54) is 6.07 Å². The van der Waals surface area contributed by atoms with Gasteiger partial charge in [0.2, 0.25) is 5.91 Å². The summed E-state index contributed by atoms with van der Waals surface area (Å²) in [5.41, 5.74) is 0.0913. The van der Waals surface area contributed by atoms with Gasteiger partial charge < -0.3 is 10.6 Å². The third-order valence-electron chi connectivity index (χ3n) is 5.61. The second-order valence-electron chi connectivity index (χ2n) is 9.89. The number of carbonyl (C=O) groups excluding carboxylic acids is 2. The second-order valence-corrected chi connectivity index (χ2v) is 9.89. The fourth-order valence-corrected chi connectivity index (χ4v) is 3.77. The van der Waals surface area contributed by atoms with Crippen LogP contribution in [0.3, 0.4) is 0 Å². The molecule has 1 aliphatic rings. The van der Waals surface area contributed by atoms with Crippen LogP contribution in [0.25, 0.3) is 0 Å². The van der Waals surface area contributed by atoms with Crippen LogP contribution in [0.5, 0.6) is 0 Å². The Labute approximate surface area is 197 Å². The Balaban J connectivity index is 1.54. The van der Waals surface area contributed by atoms with E-state index in [0.29, 0.717) is 18.8 Å². The van der Waals surface area contributed by atoms with Gasteiger partial charge in [-0.25, -0.2) is 4.98 Å². The molecule has 1 aromatic carbocycles. The Hall–Kier alpha value is -2.94. The molecule has 1 saturated heterocycles. The Morgan fingerprint density at radius 2 is 1.74 bits per heavy atom. The molecule has 1 fully saturated rings. The lowest BCUT2D eigenvalue weighted by atomic mass is 9.93. The van der Waals surface area contributed by atoms with Crippen LogP contribution in [0.2, 0.25) is 0 Å². The number of aromatic nitrogens is 1. The summed E-state index contributed by atoms with van der Waals surface area (Å²) in [5, 5.41) is 5.66. The van der Waals surface area contributed by atoms with Crippen molar-refractivity contribution in [1.82, 2.24) is 15.2 Å². The van der Waals surface area contributed by atoms with E-state index in [9.17, 15) is 22.8 Å². The number of rotatable bonds is 6. The van der Waals surface area contributed by atoms with Crippen molar-refractivity contribution in [2.75, 3.05) is 25.0 Å². The maximum absolute atomic E-state index is 12.9. The zero-order valence-corrected chi connectivity index (χ0v) is 19.7. The van der Waals surface area contributed by atoms with Gasteiger partial charge in [-0.3, -0.25) is 14.5 Å². The summed E-state index contributed by atoms with van der Waals surface area (Å²) in [7, 11) is 0. The van der Waals surface area contributed by atoms with Crippen LogP contribution < -0.4 is 10.6 Å². The van der Waals surface area contributed by atoms with Crippen molar-refractivity contribution >= 4 is 17.5 Å². The van der Waals surface area contributed by atoms with Crippen LogP contribution >= 0.6 is 0 Å². The van der Waals surface area contributed by atoms with Crippen LogP contribution in [-0.4, -0.2) is 41.3 Å². The molecule has 6 nitrogen and oxygen atoms in total. The van der Waals surface area contributed by atoms with Crippen molar-refractivity contribution in [2.45, 2.75) is 46.3 Å². The van der Waals surface area contributed by atoms with Crippen molar-refractivity contribution in [3.63, 3.8) is 0 Å². The van der Waals surface area contributed by atoms with E-state index >= 15 is 0 Å². The molecule has 0 unspecified atom stereocenters. The summed E-state index contributed by atoms with van der Waals surface area (Å²) in [6.07, 6.45) is -3.04. The standard InChI is InChI=1S/C25H31F3N4O2/c1-24(2,3)16-29-22(33)18-10-12-32(13-11-18)15-17-6-4-7-19(14-17)30-23(34)20-8-5-9-21(31-20)25(26,27)28/h4-9,14,18H,10-13,15-16H2,1-3H3,(H,29,33)(H,30,34). The average Bonchev–Trinajstić information content (AvgIpc) is 2.77. The number of anilines is 1. The first-order valence-corrected chi connectivity index (χ1v) is 11.4. The number of pyridine rings is 1. The van der Waals surface area contributed by atoms with Gasteiger partial charge in [-0.05, 0) is 61.2 Å². The minimum Gasteiger partial charge on any atom is -0.355 e. The molecule has 184 valence electrons. The molecule has 2 amide bonds. The summed E-state index contributed by atoms with van der Waals surface area (Å²) >= 11 is 0. The highest BCUT2D eigenvalue weighted by molar-refractivity contribution is 6.02. The summed E-state index contributed by atoms with van der Waals surface area (Å²) in [5.74, 6) is -0.572. The Kier molecular flexibility index (Phi) is 7.97. The average molecular weight is 477 g/mol. The molecule has 0 bridgehead atoms. The first kappa shape index (κ1) is 25.7. The van der Waals surface area contributed by atoms with Gasteiger partial charge in [0.15, 0.2) is 0 Å². The summed E-state index contributed by atoms with van der Waals surface area (Å²) < 4.78 is 38.6. The lowest BCUT2D eigenvalue weighted by Gasteiger charge is -2.32. The van der Waals surface area contributed by atoms with Crippen LogP contribution in [-0.2, 0) is 17.5 Å². The van der Waals surface area contributed by atoms with Gasteiger partial charge in [0.25, 0.3) is 5.91 Å². The van der Waals surface area contributed by atoms with Crippen LogP contribution in [0.4, 0.5) is 18.9 Å². The van der Waals surface area contributed by atoms with Gasteiger partial charge in [-0.2, -0.15) is 13.2 Å². The van der Waals surface area contributed by atoms with E-state index in [1.807, 2.05) is 6.07 Å². The number of likely N-dealkylation sites (tertiary alicyclic amines) is 1. The molecular weight excluding hydrogens is 445 g/mol. The lowest BCUT2D eigenvalue weighted by Crippen LogP contribution is -2.42. The van der Waals surface area contributed by atoms with Crippen molar-refractivity contribution in [3.05, 3.63) is 59.4 Å². The molecule has 3 rings (SSSR count). The third-order valence-corrected chi connectivity index (χ3v) is 5.61. The number of benzene rings is 1. The van der Waals surface area contributed by atoms with Gasteiger partial charge >= 0.3 is 6.18 Å². The molecule has 0 saturated carbocycles. The minimum atomic E-state index is -4.61. The van der Waals surface area contributed by atoms with E-state index in [4.69, 9.17) is 0 Å². The van der Waals surface area contributed by atoms with Crippen molar-refractivity contribution in [3.8, 4) is 0 Å². The number of alkyl halides is 3. The number of piperidine rings is 1. The minimum absolute atomic E-state index is 0.0178. The topological polar surface area (TPSA) is 74.3 Å². The largest absolute Gasteiger partial charge is 0.433 e. The molecule has 2 aromatic rings. The first-order chi connectivity index (χ1) is 15.9. The molecule has 0 atom stereocenters. The SMILES string of the molecule is CC(C)(C)CNC(=O)C1CCN(Cc2cccc(NC(=O)c3cccc(C(F)(F)F)n3)c2)CC1. The number of nitrogens with one attached hydrogen (secondary N) is 2. The Morgan fingerprint density at radius 1 is 1.06 bits per heavy atom. The smallest absolute Gasteiger partial charge is 0.355 e. The molecule has 2 heterocycles. The normalized spacial score (nSPS) is 15.7. The van der Waals surface area contributed by atoms with Gasteiger partial charge in [0, 0.05) is 24.7 Å². The number of amides is 2. The van der Waals surface area contributed by atoms with Crippen LogP contribution in [0.1, 0.15) is 55.4 Å². The maximum Gasteiger partial charge on any atom is 0.433 e. The van der Waals surface area contributed by atoms with E-state index in [1.54, 1.807) is 18.2 Å². The summed E-state index contributed by atoms with van der Waals surface area (Å²) in [6, 6.07) is 10.4. The Bertz CT molecular complexity index is 1010. The number of hydrogen-bond acceptors (Lipinski definition) is 4. The molecule has 34 heavy (non-hydrogen) atoms. The van der Waals surface area contributed by atoms with Gasteiger partial charge in [0.05, 0.1) is 0 Å². The van der Waals surface area contributed by atoms with E-state index in [-0.39, 0.29) is 22.9 Å². The molecule has 9 heteroatoms. The second kappa shape index (κ2) is 10.5. The Morgan fingerprint density at radius 3 is 2.38 bits per heavy atom.